The Morgan fingerprint density at radius 3 is 2.44 bits per heavy atom. The second-order valence-electron chi connectivity index (χ2n) is 21.3. The van der Waals surface area contributed by atoms with Crippen LogP contribution in [-0.2, 0) is 55.4 Å². The first kappa shape index (κ1) is 54.7. The minimum Gasteiger partial charge on any atom is -0.393 e. The molecule has 11 N–H and O–H groups in total. The number of nitrogens with two attached hydrogens (primary N) is 1. The molecule has 2 aromatic rings. The number of hydrogen-bond acceptors (Lipinski definition) is 20. The molecule has 9 rings (SSSR count). The Kier molecular flexibility index (Phi) is 15.1. The number of rotatable bonds is 20. The summed E-state index contributed by atoms with van der Waals surface area (Å²) in [6.07, 6.45) is -1.29. The van der Waals surface area contributed by atoms with Crippen LogP contribution in [0.25, 0.3) is 11.2 Å². The summed E-state index contributed by atoms with van der Waals surface area (Å²) in [5.41, 5.74) is 3.14. The molecule has 16 atom stereocenters. The van der Waals surface area contributed by atoms with Crippen molar-refractivity contribution >= 4 is 69.1 Å². The smallest absolute Gasteiger partial charge is 0.393 e. The number of carbonyl (C=O) groups excluding carboxylic acids is 3. The van der Waals surface area contributed by atoms with Crippen LogP contribution >= 0.6 is 35.2 Å². The molecule has 30 heteroatoms. The summed E-state index contributed by atoms with van der Waals surface area (Å²) in [7, 11) is -16.5. The van der Waals surface area contributed by atoms with E-state index in [-0.39, 0.29) is 76.0 Å². The fourth-order valence-electron chi connectivity index (χ4n) is 13.0. The number of phosphoric ester groups is 3. The molecule has 4 bridgehead atoms. The zero-order valence-electron chi connectivity index (χ0n) is 39.8. The Hall–Kier alpha value is -2.52. The lowest BCUT2D eigenvalue weighted by Gasteiger charge is -2.67. The first-order chi connectivity index (χ1) is 32.9. The maximum Gasteiger partial charge on any atom is 0.481 e. The molecular weight excluding hydrogens is 1020 g/mol. The number of thioether (sulfide) groups is 1. The monoisotopic (exact) mass is 1080 g/mol. The van der Waals surface area contributed by atoms with Crippen LogP contribution < -0.4 is 16.4 Å². The van der Waals surface area contributed by atoms with Gasteiger partial charge in [0.05, 0.1) is 37.4 Å². The van der Waals surface area contributed by atoms with Crippen molar-refractivity contribution in [1.29, 1.82) is 0 Å². The number of phosphoric acid groups is 3. The summed E-state index contributed by atoms with van der Waals surface area (Å²) in [6, 6.07) is 0. The number of amides is 2. The van der Waals surface area contributed by atoms with Gasteiger partial charge in [0.1, 0.15) is 36.3 Å². The minimum absolute atomic E-state index is 0.00473. The van der Waals surface area contributed by atoms with Crippen molar-refractivity contribution in [3.8, 4) is 0 Å². The van der Waals surface area contributed by atoms with Gasteiger partial charge in [-0.3, -0.25) is 32.5 Å². The predicted octanol–water partition coefficient (Wildman–Crippen LogP) is 1.82. The molecule has 26 nitrogen and oxygen atoms in total. The molecule has 398 valence electrons. The number of nitrogens with zero attached hydrogens (tertiary/aromatic N) is 4. The maximum absolute atomic E-state index is 14.0. The SMILES string of the molecule is CC(C)(COP(=O)(O)OP(=O)(O)OC[C@H]1O[C@@H](n2cnc3c(N)ncnc32)[C@H](O)[C@@H]1OP(=O)(O)O)[C@@H](O)C(=O)NCCC(=O)NCCSC(=O)[C@]1(C)CCC[C@@]2(C)[C@@H]3[C@@H]4C[C@@H]5C[C@]3(C[C@]5(C)O4)[C@H](O)C[C@@H]21. The molecule has 3 aliphatic heterocycles. The maximum atomic E-state index is 14.0. The number of anilines is 1. The lowest BCUT2D eigenvalue weighted by molar-refractivity contribution is -0.257. The molecule has 0 radical (unpaired) electrons. The largest absolute Gasteiger partial charge is 0.481 e. The molecule has 3 saturated heterocycles. The highest BCUT2D eigenvalue weighted by Gasteiger charge is 2.76. The number of hydrogen-bond donors (Lipinski definition) is 10. The number of nitrogens with one attached hydrogen (secondary N) is 2. The standard InChI is InChI=1S/C41H64N7O19P3S/c1-37(2,18-63-70(60,61)67-69(58,59)62-16-23-29(66-68(55,56)57)28(51)35(64-23)48-20-47-27-32(42)45-19-46-33(27)48)31(52)34(53)44-10-7-26(50)43-11-12-71-36(54)39(4)9-6-8-38(3)24(39)14-25(49)41-15-21-13-22(30(38)41)65-40(21,5)17-41/h19-25,28-31,35,49,51-52H,6-18H2,1-5H3,(H,43,50)(H,44,53)(H,58,59)(H,60,61)(H2,42,45,46)(H2,55,56,57)/t21-,22+,23-,24+,25-,28-,29-,30+,31+,35-,38-,39-,40+,41+/m1/s1. The fraction of sp³-hybridized carbons (Fsp3) is 0.805. The van der Waals surface area contributed by atoms with Gasteiger partial charge in [0, 0.05) is 41.5 Å². The number of aliphatic hydroxyl groups is 3. The molecule has 4 aliphatic carbocycles. The van der Waals surface area contributed by atoms with E-state index in [0.29, 0.717) is 18.1 Å². The van der Waals surface area contributed by atoms with Gasteiger partial charge in [0.2, 0.25) is 11.8 Å². The Labute approximate surface area is 412 Å². The lowest BCUT2D eigenvalue weighted by Crippen LogP contribution is -2.66. The number of aliphatic hydroxyl groups excluding tert-OH is 3. The van der Waals surface area contributed by atoms with Gasteiger partial charge in [-0.05, 0) is 68.6 Å². The summed E-state index contributed by atoms with van der Waals surface area (Å²) in [5, 5.41) is 38.7. The molecule has 7 aliphatic rings. The third kappa shape index (κ3) is 10.6. The third-order valence-corrected chi connectivity index (χ3v) is 20.3. The number of fused-ring (bicyclic) bond motifs is 2. The van der Waals surface area contributed by atoms with Crippen LogP contribution in [0.2, 0.25) is 0 Å². The van der Waals surface area contributed by atoms with Crippen molar-refractivity contribution in [1.82, 2.24) is 30.2 Å². The second kappa shape index (κ2) is 19.6. The highest BCUT2D eigenvalue weighted by Crippen LogP contribution is 2.77. The number of aromatic nitrogens is 4. The van der Waals surface area contributed by atoms with Crippen LogP contribution in [0.3, 0.4) is 0 Å². The molecule has 2 amide bonds. The molecule has 1 spiro atoms. The average Bonchev–Trinajstić information content (AvgIpc) is 3.96. The van der Waals surface area contributed by atoms with Crippen molar-refractivity contribution in [2.45, 2.75) is 134 Å². The van der Waals surface area contributed by atoms with E-state index < -0.39 is 96.1 Å². The van der Waals surface area contributed by atoms with Gasteiger partial charge >= 0.3 is 23.5 Å². The van der Waals surface area contributed by atoms with Gasteiger partial charge in [0.15, 0.2) is 22.8 Å². The first-order valence-electron chi connectivity index (χ1n) is 23.4. The van der Waals surface area contributed by atoms with E-state index in [1.54, 1.807) is 0 Å². The number of carbonyl (C=O) groups is 3. The highest BCUT2D eigenvalue weighted by atomic mass is 32.2. The van der Waals surface area contributed by atoms with E-state index in [1.807, 2.05) is 6.92 Å². The van der Waals surface area contributed by atoms with E-state index in [0.717, 1.165) is 55.7 Å². The zero-order valence-corrected chi connectivity index (χ0v) is 43.3. The Morgan fingerprint density at radius 1 is 1.01 bits per heavy atom. The average molecular weight is 1080 g/mol. The Morgan fingerprint density at radius 2 is 1.73 bits per heavy atom. The number of ether oxygens (including phenoxy) is 2. The van der Waals surface area contributed by atoms with Gasteiger partial charge in [0.25, 0.3) is 0 Å². The van der Waals surface area contributed by atoms with Crippen LogP contribution in [0.15, 0.2) is 12.7 Å². The van der Waals surface area contributed by atoms with Gasteiger partial charge in [-0.15, -0.1) is 0 Å². The normalized spacial score (nSPS) is 37.5. The molecule has 2 aromatic heterocycles. The first-order valence-corrected chi connectivity index (χ1v) is 28.9. The van der Waals surface area contributed by atoms with E-state index in [4.69, 9.17) is 24.3 Å². The highest BCUT2D eigenvalue weighted by molar-refractivity contribution is 8.13. The van der Waals surface area contributed by atoms with E-state index in [9.17, 15) is 63.0 Å². The molecule has 2 unspecified atom stereocenters. The third-order valence-electron chi connectivity index (χ3n) is 16.1. The second-order valence-corrected chi connectivity index (χ2v) is 26.6. The molecule has 4 saturated carbocycles. The summed E-state index contributed by atoms with van der Waals surface area (Å²) in [6.45, 7) is 7.01. The minimum atomic E-state index is -5.60. The number of nitrogen functional groups attached to an aromatic ring is 1. The van der Waals surface area contributed by atoms with Crippen molar-refractivity contribution in [2.75, 3.05) is 37.8 Å². The van der Waals surface area contributed by atoms with Crippen LogP contribution in [0, 0.1) is 39.4 Å². The van der Waals surface area contributed by atoms with Gasteiger partial charge in [-0.2, -0.15) is 4.31 Å². The molecular formula is C41H64N7O19P3S. The van der Waals surface area contributed by atoms with Gasteiger partial charge in [-0.1, -0.05) is 45.9 Å². The van der Waals surface area contributed by atoms with Gasteiger partial charge in [-0.25, -0.2) is 28.6 Å². The van der Waals surface area contributed by atoms with Crippen LogP contribution in [-0.4, -0.2) is 146 Å². The van der Waals surface area contributed by atoms with Crippen molar-refractivity contribution in [3.05, 3.63) is 12.7 Å². The van der Waals surface area contributed by atoms with Crippen molar-refractivity contribution in [3.63, 3.8) is 0 Å². The summed E-state index contributed by atoms with van der Waals surface area (Å²) < 4.78 is 69.5. The van der Waals surface area contributed by atoms with Crippen molar-refractivity contribution < 1.29 is 90.3 Å². The molecule has 5 heterocycles. The van der Waals surface area contributed by atoms with Crippen LogP contribution in [0.1, 0.15) is 92.2 Å². The molecule has 0 aromatic carbocycles. The van der Waals surface area contributed by atoms with Crippen molar-refractivity contribution in [2.24, 2.45) is 39.4 Å². The topological polar surface area (TPSA) is 393 Å². The summed E-state index contributed by atoms with van der Waals surface area (Å²) in [5.74, 6) is -0.476. The molecule has 7 fully saturated rings. The Bertz CT molecular complexity index is 2540. The van der Waals surface area contributed by atoms with Crippen LogP contribution in [0.4, 0.5) is 5.82 Å². The predicted molar refractivity (Wildman–Crippen MR) is 248 cm³/mol. The lowest BCUT2D eigenvalue weighted by atomic mass is 9.39. The summed E-state index contributed by atoms with van der Waals surface area (Å²) >= 11 is 1.17. The van der Waals surface area contributed by atoms with E-state index in [2.05, 4.69) is 48.3 Å². The van der Waals surface area contributed by atoms with E-state index >= 15 is 0 Å². The molecule has 71 heavy (non-hydrogen) atoms. The zero-order chi connectivity index (χ0) is 51.9. The summed E-state index contributed by atoms with van der Waals surface area (Å²) in [4.78, 5) is 91.0. The Balaban J connectivity index is 0.754. The fourth-order valence-corrected chi connectivity index (χ4v) is 16.8. The number of imidazole rings is 1. The van der Waals surface area contributed by atoms with Crippen LogP contribution in [0.5, 0.6) is 0 Å². The quantitative estimate of drug-likeness (QED) is 0.0667. The van der Waals surface area contributed by atoms with E-state index in [1.165, 1.54) is 25.6 Å². The van der Waals surface area contributed by atoms with Gasteiger partial charge < -0.3 is 60.7 Å².